The van der Waals surface area contributed by atoms with Gasteiger partial charge in [0, 0.05) is 12.4 Å². The monoisotopic (exact) mass is 303 g/mol. The SMILES string of the molecule is CSc1ncccc1C(=O)NCc1cc(C(=O)O)ccn1. The lowest BCUT2D eigenvalue weighted by Gasteiger charge is -2.07. The van der Waals surface area contributed by atoms with Crippen LogP contribution in [0, 0.1) is 0 Å². The Hall–Kier alpha value is -2.41. The molecule has 6 nitrogen and oxygen atoms in total. The van der Waals surface area contributed by atoms with Crippen LogP contribution in [0.4, 0.5) is 0 Å². The highest BCUT2D eigenvalue weighted by molar-refractivity contribution is 7.98. The highest BCUT2D eigenvalue weighted by Gasteiger charge is 2.12. The van der Waals surface area contributed by atoms with Gasteiger partial charge in [-0.1, -0.05) is 0 Å². The van der Waals surface area contributed by atoms with E-state index in [1.165, 1.54) is 30.1 Å². The van der Waals surface area contributed by atoms with E-state index in [0.29, 0.717) is 16.3 Å². The van der Waals surface area contributed by atoms with Crippen LogP contribution in [0.3, 0.4) is 0 Å². The molecule has 2 aromatic rings. The van der Waals surface area contributed by atoms with Crippen LogP contribution in [0.5, 0.6) is 0 Å². The third-order valence-corrected chi connectivity index (χ3v) is 3.41. The van der Waals surface area contributed by atoms with Crippen molar-refractivity contribution in [3.63, 3.8) is 0 Å². The molecule has 0 atom stereocenters. The number of aromatic carboxylic acids is 1. The van der Waals surface area contributed by atoms with Crippen LogP contribution in [0.15, 0.2) is 41.7 Å². The van der Waals surface area contributed by atoms with Crippen molar-refractivity contribution in [2.45, 2.75) is 11.6 Å². The van der Waals surface area contributed by atoms with Gasteiger partial charge >= 0.3 is 5.97 Å². The summed E-state index contributed by atoms with van der Waals surface area (Å²) < 4.78 is 0. The zero-order valence-corrected chi connectivity index (χ0v) is 12.1. The minimum atomic E-state index is -1.03. The summed E-state index contributed by atoms with van der Waals surface area (Å²) in [6.07, 6.45) is 4.87. The van der Waals surface area contributed by atoms with Crippen molar-refractivity contribution in [2.24, 2.45) is 0 Å². The summed E-state index contributed by atoms with van der Waals surface area (Å²) in [5, 5.41) is 12.3. The Morgan fingerprint density at radius 3 is 2.81 bits per heavy atom. The molecule has 2 aromatic heterocycles. The second kappa shape index (κ2) is 6.85. The van der Waals surface area contributed by atoms with Gasteiger partial charge in [-0.2, -0.15) is 0 Å². The third-order valence-electron chi connectivity index (χ3n) is 2.70. The summed E-state index contributed by atoms with van der Waals surface area (Å²) in [5.41, 5.74) is 1.11. The molecule has 108 valence electrons. The highest BCUT2D eigenvalue weighted by atomic mass is 32.2. The van der Waals surface area contributed by atoms with Crippen LogP contribution >= 0.6 is 11.8 Å². The zero-order chi connectivity index (χ0) is 15.2. The largest absolute Gasteiger partial charge is 0.478 e. The Balaban J connectivity index is 2.07. The Kier molecular flexibility index (Phi) is 4.89. The van der Waals surface area contributed by atoms with E-state index in [2.05, 4.69) is 15.3 Å². The number of pyridine rings is 2. The van der Waals surface area contributed by atoms with E-state index in [1.54, 1.807) is 18.3 Å². The highest BCUT2D eigenvalue weighted by Crippen LogP contribution is 2.16. The standard InChI is InChI=1S/C14H13N3O3S/c1-21-13-11(3-2-5-16-13)12(18)17-8-10-7-9(14(19)20)4-6-15-10/h2-7H,8H2,1H3,(H,17,18)(H,19,20). The van der Waals surface area contributed by atoms with Crippen molar-refractivity contribution in [3.05, 3.63) is 53.5 Å². The van der Waals surface area contributed by atoms with Crippen LogP contribution in [-0.4, -0.2) is 33.2 Å². The number of carboxylic acids is 1. The molecule has 0 spiro atoms. The number of thioether (sulfide) groups is 1. The van der Waals surface area contributed by atoms with Crippen LogP contribution in [0.2, 0.25) is 0 Å². The minimum absolute atomic E-state index is 0.139. The van der Waals surface area contributed by atoms with E-state index < -0.39 is 5.97 Å². The number of aromatic nitrogens is 2. The van der Waals surface area contributed by atoms with E-state index in [1.807, 2.05) is 6.26 Å². The molecule has 1 amide bonds. The molecule has 0 aliphatic rings. The van der Waals surface area contributed by atoms with Gasteiger partial charge in [0.05, 0.1) is 23.4 Å². The second-order valence-corrected chi connectivity index (χ2v) is 4.88. The van der Waals surface area contributed by atoms with Gasteiger partial charge in [0.1, 0.15) is 5.03 Å². The minimum Gasteiger partial charge on any atom is -0.478 e. The first-order chi connectivity index (χ1) is 10.1. The maximum Gasteiger partial charge on any atom is 0.335 e. The normalized spacial score (nSPS) is 10.1. The van der Waals surface area contributed by atoms with Gasteiger partial charge in [-0.3, -0.25) is 9.78 Å². The zero-order valence-electron chi connectivity index (χ0n) is 11.2. The number of hydrogen-bond acceptors (Lipinski definition) is 5. The van der Waals surface area contributed by atoms with Crippen LogP contribution in [0.1, 0.15) is 26.4 Å². The van der Waals surface area contributed by atoms with Crippen molar-refractivity contribution in [3.8, 4) is 0 Å². The maximum atomic E-state index is 12.1. The molecule has 0 unspecified atom stereocenters. The number of amides is 1. The Labute approximate surface area is 125 Å². The smallest absolute Gasteiger partial charge is 0.335 e. The molecule has 0 bridgehead atoms. The van der Waals surface area contributed by atoms with E-state index in [4.69, 9.17) is 5.11 Å². The number of carbonyl (C=O) groups is 2. The molecule has 0 aliphatic heterocycles. The summed E-state index contributed by atoms with van der Waals surface area (Å²) >= 11 is 1.39. The van der Waals surface area contributed by atoms with Gasteiger partial charge in [0.15, 0.2) is 0 Å². The van der Waals surface area contributed by atoms with Gasteiger partial charge in [-0.05, 0) is 30.5 Å². The van der Waals surface area contributed by atoms with Crippen LogP contribution in [0.25, 0.3) is 0 Å². The first kappa shape index (κ1) is 15.0. The summed E-state index contributed by atoms with van der Waals surface area (Å²) in [6, 6.07) is 6.22. The van der Waals surface area contributed by atoms with Crippen molar-refractivity contribution in [2.75, 3.05) is 6.26 Å². The van der Waals surface area contributed by atoms with Crippen molar-refractivity contribution in [1.82, 2.24) is 15.3 Å². The molecule has 2 N–H and O–H groups in total. The lowest BCUT2D eigenvalue weighted by molar-refractivity contribution is 0.0696. The molecule has 2 heterocycles. The molecule has 21 heavy (non-hydrogen) atoms. The lowest BCUT2D eigenvalue weighted by atomic mass is 10.2. The van der Waals surface area contributed by atoms with Crippen molar-refractivity contribution in [1.29, 1.82) is 0 Å². The Bertz CT molecular complexity index is 676. The van der Waals surface area contributed by atoms with E-state index in [9.17, 15) is 9.59 Å². The van der Waals surface area contributed by atoms with Gasteiger partial charge in [-0.25, -0.2) is 9.78 Å². The summed E-state index contributed by atoms with van der Waals surface area (Å²) in [4.78, 5) is 31.1. The molecule has 0 radical (unpaired) electrons. The molecule has 2 rings (SSSR count). The van der Waals surface area contributed by atoms with Gasteiger partial charge in [-0.15, -0.1) is 11.8 Å². The molecule has 7 heteroatoms. The summed E-state index contributed by atoms with van der Waals surface area (Å²) in [6.45, 7) is 0.155. The van der Waals surface area contributed by atoms with Crippen LogP contribution in [-0.2, 0) is 6.54 Å². The van der Waals surface area contributed by atoms with E-state index in [-0.39, 0.29) is 18.0 Å². The Morgan fingerprint density at radius 2 is 2.10 bits per heavy atom. The van der Waals surface area contributed by atoms with Crippen molar-refractivity contribution >= 4 is 23.6 Å². The molecular weight excluding hydrogens is 290 g/mol. The van der Waals surface area contributed by atoms with Crippen LogP contribution < -0.4 is 5.32 Å². The maximum absolute atomic E-state index is 12.1. The molecule has 0 aliphatic carbocycles. The second-order valence-electron chi connectivity index (χ2n) is 4.08. The number of carbonyl (C=O) groups excluding carboxylic acids is 1. The molecule has 0 saturated carbocycles. The fraction of sp³-hybridized carbons (Fsp3) is 0.143. The van der Waals surface area contributed by atoms with Gasteiger partial charge in [0.25, 0.3) is 5.91 Å². The quantitative estimate of drug-likeness (QED) is 0.819. The summed E-state index contributed by atoms with van der Waals surface area (Å²) in [5.74, 6) is -1.29. The van der Waals surface area contributed by atoms with E-state index >= 15 is 0 Å². The molecule has 0 fully saturated rings. The molecular formula is C14H13N3O3S. The Morgan fingerprint density at radius 1 is 1.29 bits per heavy atom. The predicted molar refractivity (Wildman–Crippen MR) is 78.4 cm³/mol. The third kappa shape index (κ3) is 3.79. The fourth-order valence-electron chi connectivity index (χ4n) is 1.70. The first-order valence-electron chi connectivity index (χ1n) is 6.07. The van der Waals surface area contributed by atoms with Gasteiger partial charge < -0.3 is 10.4 Å². The number of nitrogens with one attached hydrogen (secondary N) is 1. The molecule has 0 saturated heterocycles. The van der Waals surface area contributed by atoms with E-state index in [0.717, 1.165) is 0 Å². The number of carboxylic acid groups (broad SMARTS) is 1. The van der Waals surface area contributed by atoms with Gasteiger partial charge in [0.2, 0.25) is 0 Å². The summed E-state index contributed by atoms with van der Waals surface area (Å²) in [7, 11) is 0. The number of nitrogens with zero attached hydrogens (tertiary/aromatic N) is 2. The average molecular weight is 303 g/mol. The fourth-order valence-corrected chi connectivity index (χ4v) is 2.25. The van der Waals surface area contributed by atoms with Crippen molar-refractivity contribution < 1.29 is 14.7 Å². The number of hydrogen-bond donors (Lipinski definition) is 2. The predicted octanol–water partition coefficient (Wildman–Crippen LogP) is 1.83. The topological polar surface area (TPSA) is 92.2 Å². The first-order valence-corrected chi connectivity index (χ1v) is 7.29. The number of rotatable bonds is 5. The molecule has 0 aromatic carbocycles. The lowest BCUT2D eigenvalue weighted by Crippen LogP contribution is -2.24. The average Bonchev–Trinajstić information content (AvgIpc) is 2.52.